The van der Waals surface area contributed by atoms with Crippen molar-refractivity contribution in [3.05, 3.63) is 47.5 Å². The van der Waals surface area contributed by atoms with Gasteiger partial charge in [0.25, 0.3) is 0 Å². The van der Waals surface area contributed by atoms with Gasteiger partial charge in [-0.25, -0.2) is 8.78 Å². The van der Waals surface area contributed by atoms with Gasteiger partial charge in [0.2, 0.25) is 11.6 Å². The lowest BCUT2D eigenvalue weighted by Crippen LogP contribution is -2.04. The zero-order valence-corrected chi connectivity index (χ0v) is 17.7. The number of hydrogen-bond donors (Lipinski definition) is 0. The largest absolute Gasteiger partial charge is 0.490 e. The smallest absolute Gasteiger partial charge is 0.201 e. The Morgan fingerprint density at radius 2 is 0.933 bits per heavy atom. The Morgan fingerprint density at radius 3 is 1.40 bits per heavy atom. The molecule has 0 amide bonds. The van der Waals surface area contributed by atoms with Crippen molar-refractivity contribution >= 4 is 0 Å². The molecule has 0 saturated carbocycles. The summed E-state index contributed by atoms with van der Waals surface area (Å²) in [6, 6.07) is 4.87. The van der Waals surface area contributed by atoms with E-state index in [1.54, 1.807) is 0 Å². The first-order valence-corrected chi connectivity index (χ1v) is 10.7. The van der Waals surface area contributed by atoms with Gasteiger partial charge in [-0.05, 0) is 37.1 Å². The van der Waals surface area contributed by atoms with E-state index in [2.05, 4.69) is 6.92 Å². The van der Waals surface area contributed by atoms with Crippen molar-refractivity contribution in [2.24, 2.45) is 0 Å². The molecule has 0 heterocycles. The lowest BCUT2D eigenvalue weighted by molar-refractivity contribution is 0.284. The molecule has 2 aromatic carbocycles. The van der Waals surface area contributed by atoms with Crippen LogP contribution >= 0.6 is 0 Å². The minimum absolute atomic E-state index is 0.233. The number of rotatable bonds is 13. The van der Waals surface area contributed by atoms with E-state index >= 15 is 0 Å². The lowest BCUT2D eigenvalue weighted by Gasteiger charge is -2.13. The quantitative estimate of drug-likeness (QED) is 0.240. The number of unbranched alkanes of at least 4 members (excludes halogenated alkanes) is 6. The Labute approximate surface area is 176 Å². The third kappa shape index (κ3) is 6.38. The van der Waals surface area contributed by atoms with Crippen molar-refractivity contribution in [2.45, 2.75) is 65.2 Å². The average molecular weight is 426 g/mol. The molecule has 0 aliphatic rings. The molecule has 6 heteroatoms. The fourth-order valence-corrected chi connectivity index (χ4v) is 3.12. The topological polar surface area (TPSA) is 18.5 Å². The van der Waals surface area contributed by atoms with Gasteiger partial charge in [-0.15, -0.1) is 0 Å². The van der Waals surface area contributed by atoms with Gasteiger partial charge in [0.05, 0.1) is 13.2 Å². The van der Waals surface area contributed by atoms with Gasteiger partial charge in [0.15, 0.2) is 23.1 Å². The fraction of sp³-hybridized carbons (Fsp3) is 0.500. The summed E-state index contributed by atoms with van der Waals surface area (Å²) in [4.78, 5) is 0. The van der Waals surface area contributed by atoms with Crippen LogP contribution < -0.4 is 9.47 Å². The van der Waals surface area contributed by atoms with Crippen LogP contribution in [0.1, 0.15) is 65.2 Å². The van der Waals surface area contributed by atoms with E-state index in [0.717, 1.165) is 51.4 Å². The predicted molar refractivity (Wildman–Crippen MR) is 111 cm³/mol. The summed E-state index contributed by atoms with van der Waals surface area (Å²) in [6.45, 7) is 4.66. The SMILES string of the molecule is CCCCCCCOc1ccc(-c2ccc(OCCCCC)c(F)c2F)c(F)c1F. The summed E-state index contributed by atoms with van der Waals surface area (Å²) in [5.74, 6) is -5.43. The molecule has 0 N–H and O–H groups in total. The molecule has 2 aromatic rings. The van der Waals surface area contributed by atoms with Crippen LogP contribution in [0.25, 0.3) is 11.1 Å². The molecule has 0 radical (unpaired) electrons. The monoisotopic (exact) mass is 426 g/mol. The first-order valence-electron chi connectivity index (χ1n) is 10.7. The standard InChI is InChI=1S/C24H30F4O2/c1-3-5-7-8-10-16-30-20-14-12-18(22(26)24(20)28)17-11-13-19(23(27)21(17)25)29-15-9-6-4-2/h11-14H,3-10,15-16H2,1-2H3. The number of benzene rings is 2. The maximum absolute atomic E-state index is 14.5. The first-order chi connectivity index (χ1) is 14.5. The van der Waals surface area contributed by atoms with Crippen LogP contribution in [0.3, 0.4) is 0 Å². The van der Waals surface area contributed by atoms with Crippen LogP contribution in [-0.4, -0.2) is 13.2 Å². The molecular formula is C24H30F4O2. The van der Waals surface area contributed by atoms with Crippen molar-refractivity contribution in [3.8, 4) is 22.6 Å². The van der Waals surface area contributed by atoms with Gasteiger partial charge < -0.3 is 9.47 Å². The van der Waals surface area contributed by atoms with E-state index in [-0.39, 0.29) is 35.8 Å². The highest BCUT2D eigenvalue weighted by Crippen LogP contribution is 2.34. The van der Waals surface area contributed by atoms with E-state index in [1.807, 2.05) is 6.92 Å². The van der Waals surface area contributed by atoms with Crippen LogP contribution in [0.4, 0.5) is 17.6 Å². The molecule has 0 saturated heterocycles. The van der Waals surface area contributed by atoms with Crippen LogP contribution in [0.5, 0.6) is 11.5 Å². The van der Waals surface area contributed by atoms with Crippen molar-refractivity contribution < 1.29 is 27.0 Å². The van der Waals surface area contributed by atoms with Crippen molar-refractivity contribution in [3.63, 3.8) is 0 Å². The number of ether oxygens (including phenoxy) is 2. The second-order valence-electron chi connectivity index (χ2n) is 7.30. The second kappa shape index (κ2) is 12.5. The fourth-order valence-electron chi connectivity index (χ4n) is 3.12. The second-order valence-corrected chi connectivity index (χ2v) is 7.30. The van der Waals surface area contributed by atoms with E-state index in [1.165, 1.54) is 24.3 Å². The molecule has 30 heavy (non-hydrogen) atoms. The third-order valence-electron chi connectivity index (χ3n) is 4.89. The number of halogens is 4. The molecule has 0 aliphatic carbocycles. The Balaban J connectivity index is 2.10. The molecule has 2 rings (SSSR count). The highest BCUT2D eigenvalue weighted by molar-refractivity contribution is 5.67. The van der Waals surface area contributed by atoms with Crippen LogP contribution in [0.15, 0.2) is 24.3 Å². The Hall–Kier alpha value is -2.24. The third-order valence-corrected chi connectivity index (χ3v) is 4.89. The highest BCUT2D eigenvalue weighted by Gasteiger charge is 2.21. The maximum atomic E-state index is 14.5. The zero-order chi connectivity index (χ0) is 21.9. The van der Waals surface area contributed by atoms with Crippen molar-refractivity contribution in [2.75, 3.05) is 13.2 Å². The van der Waals surface area contributed by atoms with E-state index in [0.29, 0.717) is 0 Å². The Bertz CT molecular complexity index is 808. The molecule has 0 spiro atoms. The van der Waals surface area contributed by atoms with Gasteiger partial charge in [-0.1, -0.05) is 52.4 Å². The molecule has 0 aliphatic heterocycles. The Kier molecular flexibility index (Phi) is 9.98. The zero-order valence-electron chi connectivity index (χ0n) is 17.7. The molecule has 166 valence electrons. The van der Waals surface area contributed by atoms with E-state index in [9.17, 15) is 17.6 Å². The van der Waals surface area contributed by atoms with Gasteiger partial charge >= 0.3 is 0 Å². The van der Waals surface area contributed by atoms with Gasteiger partial charge in [0, 0.05) is 11.1 Å². The summed E-state index contributed by atoms with van der Waals surface area (Å²) >= 11 is 0. The highest BCUT2D eigenvalue weighted by atomic mass is 19.2. The normalized spacial score (nSPS) is 11.0. The van der Waals surface area contributed by atoms with Crippen LogP contribution in [-0.2, 0) is 0 Å². The molecule has 0 bridgehead atoms. The minimum Gasteiger partial charge on any atom is -0.490 e. The van der Waals surface area contributed by atoms with Crippen LogP contribution in [0, 0.1) is 23.3 Å². The predicted octanol–water partition coefficient (Wildman–Crippen LogP) is 7.83. The van der Waals surface area contributed by atoms with Gasteiger partial charge in [-0.3, -0.25) is 0 Å². The number of hydrogen-bond acceptors (Lipinski definition) is 2. The Morgan fingerprint density at radius 1 is 0.533 bits per heavy atom. The summed E-state index contributed by atoms with van der Waals surface area (Å²) in [5, 5.41) is 0. The molecule has 0 fully saturated rings. The summed E-state index contributed by atoms with van der Waals surface area (Å²) in [7, 11) is 0. The summed E-state index contributed by atoms with van der Waals surface area (Å²) in [5.41, 5.74) is -0.729. The average Bonchev–Trinajstić information content (AvgIpc) is 2.74. The van der Waals surface area contributed by atoms with Gasteiger partial charge in [-0.2, -0.15) is 8.78 Å². The van der Waals surface area contributed by atoms with Crippen molar-refractivity contribution in [1.29, 1.82) is 0 Å². The molecule has 2 nitrogen and oxygen atoms in total. The maximum Gasteiger partial charge on any atom is 0.201 e. The van der Waals surface area contributed by atoms with Crippen molar-refractivity contribution in [1.82, 2.24) is 0 Å². The lowest BCUT2D eigenvalue weighted by atomic mass is 10.0. The summed E-state index contributed by atoms with van der Waals surface area (Å²) in [6.07, 6.45) is 7.61. The molecular weight excluding hydrogens is 396 g/mol. The molecule has 0 atom stereocenters. The van der Waals surface area contributed by atoms with Crippen LogP contribution in [0.2, 0.25) is 0 Å². The van der Waals surface area contributed by atoms with Gasteiger partial charge in [0.1, 0.15) is 0 Å². The molecule has 0 aromatic heterocycles. The van der Waals surface area contributed by atoms with E-state index < -0.39 is 23.3 Å². The minimum atomic E-state index is -1.27. The first kappa shape index (κ1) is 24.0. The summed E-state index contributed by atoms with van der Waals surface area (Å²) < 4.78 is 68.4. The van der Waals surface area contributed by atoms with E-state index in [4.69, 9.17) is 9.47 Å². The molecule has 0 unspecified atom stereocenters.